The van der Waals surface area contributed by atoms with Gasteiger partial charge in [0.1, 0.15) is 11.5 Å². The van der Waals surface area contributed by atoms with Crippen LogP contribution in [0.5, 0.6) is 11.5 Å². The highest BCUT2D eigenvalue weighted by atomic mass is 79.9. The SMILES string of the molecule is CCNCc1ccncc1Oc1ccc(C)cc1Br. The molecule has 2 aromatic rings. The monoisotopic (exact) mass is 320 g/mol. The normalized spacial score (nSPS) is 10.5. The van der Waals surface area contributed by atoms with Gasteiger partial charge in [0.05, 0.1) is 10.7 Å². The molecular weight excluding hydrogens is 304 g/mol. The van der Waals surface area contributed by atoms with Crippen molar-refractivity contribution in [2.75, 3.05) is 6.54 Å². The molecule has 0 fully saturated rings. The van der Waals surface area contributed by atoms with E-state index in [1.165, 1.54) is 5.56 Å². The van der Waals surface area contributed by atoms with Gasteiger partial charge >= 0.3 is 0 Å². The Morgan fingerprint density at radius 2 is 2.11 bits per heavy atom. The largest absolute Gasteiger partial charge is 0.454 e. The molecule has 0 atom stereocenters. The van der Waals surface area contributed by atoms with Gasteiger partial charge in [0, 0.05) is 18.3 Å². The summed E-state index contributed by atoms with van der Waals surface area (Å²) in [6.45, 7) is 5.83. The maximum Gasteiger partial charge on any atom is 0.150 e. The topological polar surface area (TPSA) is 34.2 Å². The zero-order chi connectivity index (χ0) is 13.7. The number of hydrogen-bond acceptors (Lipinski definition) is 3. The number of hydrogen-bond donors (Lipinski definition) is 1. The van der Waals surface area contributed by atoms with Crippen molar-refractivity contribution in [3.8, 4) is 11.5 Å². The van der Waals surface area contributed by atoms with Crippen molar-refractivity contribution in [2.24, 2.45) is 0 Å². The Bertz CT molecular complexity index is 558. The molecule has 4 heteroatoms. The summed E-state index contributed by atoms with van der Waals surface area (Å²) in [5.41, 5.74) is 2.29. The van der Waals surface area contributed by atoms with E-state index in [2.05, 4.69) is 40.1 Å². The second-order valence-corrected chi connectivity index (χ2v) is 5.15. The fourth-order valence-electron chi connectivity index (χ4n) is 1.71. The van der Waals surface area contributed by atoms with Crippen LogP contribution in [-0.2, 0) is 6.54 Å². The first-order chi connectivity index (χ1) is 9.20. The number of nitrogens with one attached hydrogen (secondary N) is 1. The van der Waals surface area contributed by atoms with Crippen molar-refractivity contribution in [2.45, 2.75) is 20.4 Å². The van der Waals surface area contributed by atoms with Crippen LogP contribution < -0.4 is 10.1 Å². The van der Waals surface area contributed by atoms with Crippen LogP contribution in [0.25, 0.3) is 0 Å². The van der Waals surface area contributed by atoms with Gasteiger partial charge in [0.2, 0.25) is 0 Å². The maximum atomic E-state index is 5.94. The first kappa shape index (κ1) is 14.0. The lowest BCUT2D eigenvalue weighted by Crippen LogP contribution is -2.12. The van der Waals surface area contributed by atoms with Gasteiger partial charge in [0.25, 0.3) is 0 Å². The highest BCUT2D eigenvalue weighted by Crippen LogP contribution is 2.31. The zero-order valence-electron chi connectivity index (χ0n) is 11.1. The molecule has 0 saturated carbocycles. The molecule has 0 amide bonds. The van der Waals surface area contributed by atoms with Crippen LogP contribution in [0.15, 0.2) is 41.1 Å². The molecule has 0 radical (unpaired) electrons. The van der Waals surface area contributed by atoms with Gasteiger partial charge in [-0.25, -0.2) is 0 Å². The molecule has 100 valence electrons. The molecule has 0 bridgehead atoms. The summed E-state index contributed by atoms with van der Waals surface area (Å²) in [5.74, 6) is 1.59. The Morgan fingerprint density at radius 3 is 2.84 bits per heavy atom. The van der Waals surface area contributed by atoms with E-state index in [9.17, 15) is 0 Å². The Balaban J connectivity index is 2.22. The molecule has 1 aromatic heterocycles. The highest BCUT2D eigenvalue weighted by Gasteiger charge is 2.07. The molecule has 0 spiro atoms. The van der Waals surface area contributed by atoms with Crippen molar-refractivity contribution in [1.82, 2.24) is 10.3 Å². The predicted octanol–water partition coefficient (Wildman–Crippen LogP) is 4.05. The average Bonchev–Trinajstić information content (AvgIpc) is 2.41. The zero-order valence-corrected chi connectivity index (χ0v) is 12.7. The first-order valence-electron chi connectivity index (χ1n) is 6.28. The summed E-state index contributed by atoms with van der Waals surface area (Å²) in [5, 5.41) is 3.29. The van der Waals surface area contributed by atoms with Gasteiger partial charge in [-0.1, -0.05) is 13.0 Å². The van der Waals surface area contributed by atoms with Crippen LogP contribution in [0.4, 0.5) is 0 Å². The van der Waals surface area contributed by atoms with E-state index in [1.807, 2.05) is 24.3 Å². The Kier molecular flexibility index (Phi) is 4.93. The number of rotatable bonds is 5. The van der Waals surface area contributed by atoms with Gasteiger partial charge < -0.3 is 10.1 Å². The number of benzene rings is 1. The van der Waals surface area contributed by atoms with E-state index < -0.39 is 0 Å². The molecule has 1 heterocycles. The number of pyridine rings is 1. The molecule has 0 unspecified atom stereocenters. The summed E-state index contributed by atoms with van der Waals surface area (Å²) in [4.78, 5) is 4.13. The van der Waals surface area contributed by atoms with Crippen LogP contribution in [-0.4, -0.2) is 11.5 Å². The third-order valence-electron chi connectivity index (χ3n) is 2.74. The third-order valence-corrected chi connectivity index (χ3v) is 3.36. The van der Waals surface area contributed by atoms with E-state index in [1.54, 1.807) is 12.4 Å². The van der Waals surface area contributed by atoms with E-state index >= 15 is 0 Å². The second-order valence-electron chi connectivity index (χ2n) is 4.30. The molecule has 1 aromatic carbocycles. The van der Waals surface area contributed by atoms with Crippen LogP contribution in [0, 0.1) is 6.92 Å². The van der Waals surface area contributed by atoms with Crippen molar-refractivity contribution < 1.29 is 4.74 Å². The summed E-state index contributed by atoms with van der Waals surface area (Å²) >= 11 is 3.52. The van der Waals surface area contributed by atoms with Crippen LogP contribution in [0.2, 0.25) is 0 Å². The van der Waals surface area contributed by atoms with Gasteiger partial charge in [-0.15, -0.1) is 0 Å². The minimum absolute atomic E-state index is 0.776. The van der Waals surface area contributed by atoms with Crippen molar-refractivity contribution in [1.29, 1.82) is 0 Å². The van der Waals surface area contributed by atoms with Gasteiger partial charge in [-0.05, 0) is 53.2 Å². The van der Waals surface area contributed by atoms with Crippen LogP contribution >= 0.6 is 15.9 Å². The summed E-state index contributed by atoms with van der Waals surface area (Å²) in [6, 6.07) is 8.00. The maximum absolute atomic E-state index is 5.94. The number of aromatic nitrogens is 1. The minimum atomic E-state index is 0.776. The molecule has 1 N–H and O–H groups in total. The summed E-state index contributed by atoms with van der Waals surface area (Å²) in [7, 11) is 0. The van der Waals surface area contributed by atoms with Crippen molar-refractivity contribution >= 4 is 15.9 Å². The average molecular weight is 321 g/mol. The number of nitrogens with zero attached hydrogens (tertiary/aromatic N) is 1. The molecule has 3 nitrogen and oxygen atoms in total. The molecule has 0 aliphatic heterocycles. The molecule has 2 rings (SSSR count). The fraction of sp³-hybridized carbons (Fsp3) is 0.267. The molecule has 0 aliphatic carbocycles. The van der Waals surface area contributed by atoms with Crippen molar-refractivity contribution in [3.63, 3.8) is 0 Å². The van der Waals surface area contributed by atoms with Gasteiger partial charge in [-0.2, -0.15) is 0 Å². The molecule has 0 saturated heterocycles. The number of halogens is 1. The quantitative estimate of drug-likeness (QED) is 0.902. The fourth-order valence-corrected chi connectivity index (χ4v) is 2.29. The lowest BCUT2D eigenvalue weighted by Gasteiger charge is -2.12. The number of ether oxygens (including phenoxy) is 1. The third kappa shape index (κ3) is 3.78. The van der Waals surface area contributed by atoms with E-state index in [0.717, 1.165) is 34.6 Å². The standard InChI is InChI=1S/C15H17BrN2O/c1-3-17-9-12-6-7-18-10-15(12)19-14-5-4-11(2)8-13(14)16/h4-8,10,17H,3,9H2,1-2H3. The lowest BCUT2D eigenvalue weighted by molar-refractivity contribution is 0.468. The van der Waals surface area contributed by atoms with Gasteiger partial charge in [0.15, 0.2) is 0 Å². The molecule has 19 heavy (non-hydrogen) atoms. The van der Waals surface area contributed by atoms with Gasteiger partial charge in [-0.3, -0.25) is 4.98 Å². The summed E-state index contributed by atoms with van der Waals surface area (Å²) in [6.07, 6.45) is 3.53. The second kappa shape index (κ2) is 6.68. The van der Waals surface area contributed by atoms with Crippen molar-refractivity contribution in [3.05, 3.63) is 52.3 Å². The number of aryl methyl sites for hydroxylation is 1. The Morgan fingerprint density at radius 1 is 1.26 bits per heavy atom. The molecular formula is C15H17BrN2O. The van der Waals surface area contributed by atoms with E-state index in [-0.39, 0.29) is 0 Å². The Labute approximate surface area is 122 Å². The Hall–Kier alpha value is -1.39. The molecule has 0 aliphatic rings. The highest BCUT2D eigenvalue weighted by molar-refractivity contribution is 9.10. The minimum Gasteiger partial charge on any atom is -0.454 e. The van der Waals surface area contributed by atoms with Crippen LogP contribution in [0.3, 0.4) is 0 Å². The van der Waals surface area contributed by atoms with E-state index in [0.29, 0.717) is 0 Å². The van der Waals surface area contributed by atoms with Crippen LogP contribution in [0.1, 0.15) is 18.1 Å². The summed E-state index contributed by atoms with van der Waals surface area (Å²) < 4.78 is 6.89. The van der Waals surface area contributed by atoms with E-state index in [4.69, 9.17) is 4.74 Å². The predicted molar refractivity (Wildman–Crippen MR) is 80.6 cm³/mol. The smallest absolute Gasteiger partial charge is 0.150 e. The first-order valence-corrected chi connectivity index (χ1v) is 7.07. The lowest BCUT2D eigenvalue weighted by atomic mass is 10.2.